The Balaban J connectivity index is 0.00000200. The second-order valence-electron chi connectivity index (χ2n) is 4.15. The Morgan fingerprint density at radius 3 is 2.75 bits per heavy atom. The van der Waals surface area contributed by atoms with Crippen LogP contribution >= 0.6 is 0 Å². The van der Waals surface area contributed by atoms with Gasteiger partial charge in [0.2, 0.25) is 0 Å². The summed E-state index contributed by atoms with van der Waals surface area (Å²) in [6.07, 6.45) is 2.37. The van der Waals surface area contributed by atoms with Crippen molar-refractivity contribution in [2.45, 2.75) is 24.0 Å². The van der Waals surface area contributed by atoms with E-state index in [0.717, 1.165) is 4.57 Å². The van der Waals surface area contributed by atoms with Crippen LogP contribution in [0.4, 0.5) is 5.82 Å². The summed E-state index contributed by atoms with van der Waals surface area (Å²) in [6, 6.07) is 1.33. The first kappa shape index (κ1) is 17.2. The summed E-state index contributed by atoms with van der Waals surface area (Å²) in [5.74, 6) is 2.00. The van der Waals surface area contributed by atoms with Gasteiger partial charge in [-0.15, -0.1) is 6.42 Å². The van der Waals surface area contributed by atoms with Crippen LogP contribution in [-0.4, -0.2) is 49.3 Å². The van der Waals surface area contributed by atoms with Crippen LogP contribution in [-0.2, 0) is 37.4 Å². The molecule has 0 aromatic carbocycles. The van der Waals surface area contributed by atoms with Crippen LogP contribution in [0.5, 0.6) is 0 Å². The molecule has 0 saturated carbocycles. The third-order valence-electron chi connectivity index (χ3n) is 3.04. The van der Waals surface area contributed by atoms with E-state index in [1.165, 1.54) is 12.3 Å². The number of nitrogens with two attached hydrogens (primary N) is 1. The molecule has 2 rings (SSSR count). The Morgan fingerprint density at radius 1 is 1.65 bits per heavy atom. The number of rotatable bonds is 2. The van der Waals surface area contributed by atoms with Crippen molar-refractivity contribution < 1.29 is 52.8 Å². The maximum Gasteiger partial charge on any atom is 0.351 e. The van der Waals surface area contributed by atoms with Crippen molar-refractivity contribution in [2.24, 2.45) is 0 Å². The minimum atomic E-state index is -2.08. The van der Waals surface area contributed by atoms with Crippen molar-refractivity contribution in [1.29, 1.82) is 0 Å². The van der Waals surface area contributed by atoms with Gasteiger partial charge in [0, 0.05) is 38.9 Å². The number of aliphatic hydroxyl groups is 3. The van der Waals surface area contributed by atoms with Crippen molar-refractivity contribution in [3.63, 3.8) is 0 Å². The molecule has 5 N–H and O–H groups in total. The normalized spacial score (nSPS) is 32.4. The zero-order chi connectivity index (χ0) is 14.2. The Hall–Kier alpha value is -0.816. The second-order valence-corrected chi connectivity index (χ2v) is 4.15. The van der Waals surface area contributed by atoms with Gasteiger partial charge < -0.3 is 25.8 Å². The molecule has 1 aliphatic heterocycles. The first-order chi connectivity index (χ1) is 8.93. The molecule has 105 valence electrons. The van der Waals surface area contributed by atoms with Crippen LogP contribution in [0.2, 0.25) is 0 Å². The number of ether oxygens (including phenoxy) is 1. The molecule has 4 atom stereocenters. The SMILES string of the molecule is C#C[C@@]1(O)[C@@H](CO)O[C@@H](n2ccc(N)nc2=O)[C@@H]1O.[Y]. The van der Waals surface area contributed by atoms with Gasteiger partial charge in [-0.3, -0.25) is 4.57 Å². The van der Waals surface area contributed by atoms with Gasteiger partial charge in [-0.1, -0.05) is 5.92 Å². The zero-order valence-electron chi connectivity index (χ0n) is 10.4. The summed E-state index contributed by atoms with van der Waals surface area (Å²) in [5.41, 5.74) is 2.50. The molecule has 1 radical (unpaired) electrons. The van der Waals surface area contributed by atoms with E-state index < -0.39 is 36.3 Å². The fraction of sp³-hybridized carbons (Fsp3) is 0.455. The topological polar surface area (TPSA) is 131 Å². The van der Waals surface area contributed by atoms with E-state index in [4.69, 9.17) is 22.0 Å². The number of hydrogen-bond acceptors (Lipinski definition) is 7. The average Bonchev–Trinajstić information content (AvgIpc) is 2.63. The molecule has 0 unspecified atom stereocenters. The number of anilines is 1. The third kappa shape index (κ3) is 2.65. The van der Waals surface area contributed by atoms with Crippen LogP contribution < -0.4 is 11.4 Å². The summed E-state index contributed by atoms with van der Waals surface area (Å²) < 4.78 is 6.17. The molecule has 20 heavy (non-hydrogen) atoms. The molecule has 0 aliphatic carbocycles. The van der Waals surface area contributed by atoms with Crippen LogP contribution in [0.3, 0.4) is 0 Å². The molecule has 1 aromatic rings. The Bertz CT molecular complexity index is 586. The van der Waals surface area contributed by atoms with Gasteiger partial charge in [0.05, 0.1) is 6.61 Å². The number of hydrogen-bond donors (Lipinski definition) is 4. The van der Waals surface area contributed by atoms with Gasteiger partial charge in [-0.25, -0.2) is 4.79 Å². The maximum atomic E-state index is 11.7. The Morgan fingerprint density at radius 2 is 2.30 bits per heavy atom. The molecule has 1 saturated heterocycles. The van der Waals surface area contributed by atoms with E-state index in [0.29, 0.717) is 0 Å². The van der Waals surface area contributed by atoms with Crippen LogP contribution in [0.15, 0.2) is 17.1 Å². The maximum absolute atomic E-state index is 11.7. The van der Waals surface area contributed by atoms with Crippen molar-refractivity contribution in [2.75, 3.05) is 12.3 Å². The van der Waals surface area contributed by atoms with Crippen molar-refractivity contribution in [3.05, 3.63) is 22.7 Å². The van der Waals surface area contributed by atoms with E-state index in [9.17, 15) is 15.0 Å². The van der Waals surface area contributed by atoms with Crippen molar-refractivity contribution in [1.82, 2.24) is 9.55 Å². The fourth-order valence-electron chi connectivity index (χ4n) is 1.95. The van der Waals surface area contributed by atoms with Gasteiger partial charge >= 0.3 is 5.69 Å². The molecule has 9 heteroatoms. The summed E-state index contributed by atoms with van der Waals surface area (Å²) >= 11 is 0. The first-order valence-electron chi connectivity index (χ1n) is 5.43. The quantitative estimate of drug-likeness (QED) is 0.429. The summed E-state index contributed by atoms with van der Waals surface area (Å²) in [6.45, 7) is -0.606. The minimum Gasteiger partial charge on any atom is -0.394 e. The van der Waals surface area contributed by atoms with E-state index in [1.54, 1.807) is 0 Å². The second kappa shape index (κ2) is 6.30. The predicted octanol–water partition coefficient (Wildman–Crippen LogP) is -2.56. The molecule has 2 heterocycles. The summed E-state index contributed by atoms with van der Waals surface area (Å²) in [7, 11) is 0. The number of aromatic nitrogens is 2. The summed E-state index contributed by atoms with van der Waals surface area (Å²) in [4.78, 5) is 15.1. The van der Waals surface area contributed by atoms with Gasteiger partial charge in [0.1, 0.15) is 18.0 Å². The minimum absolute atomic E-state index is 0. The molecular formula is C11H13N3O5Y. The fourth-order valence-corrected chi connectivity index (χ4v) is 1.95. The monoisotopic (exact) mass is 356 g/mol. The molecule has 0 bridgehead atoms. The van der Waals surface area contributed by atoms with Crippen LogP contribution in [0.25, 0.3) is 0 Å². The molecule has 1 fully saturated rings. The van der Waals surface area contributed by atoms with Crippen LogP contribution in [0, 0.1) is 12.3 Å². The third-order valence-corrected chi connectivity index (χ3v) is 3.04. The molecule has 0 amide bonds. The number of aliphatic hydroxyl groups excluding tert-OH is 2. The number of nitrogens with zero attached hydrogens (tertiary/aromatic N) is 2. The van der Waals surface area contributed by atoms with Crippen molar-refractivity contribution >= 4 is 5.82 Å². The molecule has 1 aromatic heterocycles. The number of nitrogen functional groups attached to an aromatic ring is 1. The van der Waals surface area contributed by atoms with E-state index in [-0.39, 0.29) is 38.5 Å². The number of terminal acetylenes is 1. The molecule has 1 aliphatic rings. The Kier molecular flexibility index (Phi) is 5.43. The van der Waals surface area contributed by atoms with E-state index in [1.807, 2.05) is 5.92 Å². The largest absolute Gasteiger partial charge is 0.394 e. The van der Waals surface area contributed by atoms with E-state index in [2.05, 4.69) is 4.98 Å². The van der Waals surface area contributed by atoms with Gasteiger partial charge in [-0.05, 0) is 6.07 Å². The van der Waals surface area contributed by atoms with Gasteiger partial charge in [0.15, 0.2) is 11.8 Å². The van der Waals surface area contributed by atoms with E-state index >= 15 is 0 Å². The van der Waals surface area contributed by atoms with Crippen LogP contribution in [0.1, 0.15) is 6.23 Å². The average molecular weight is 356 g/mol. The summed E-state index contributed by atoms with van der Waals surface area (Å²) in [5, 5.41) is 29.2. The molecule has 0 spiro atoms. The molecule has 8 nitrogen and oxygen atoms in total. The predicted molar refractivity (Wildman–Crippen MR) is 63.7 cm³/mol. The molecular weight excluding hydrogens is 343 g/mol. The standard InChI is InChI=1S/C11H13N3O5.Y/c1-2-11(18)6(5-15)19-9(8(11)16)14-4-3-7(12)13-10(14)17;/h1,3-4,6,8-9,15-16,18H,5H2,(H2,12,13,17);/t6-,8+,9-,11-;/m1./s1. The van der Waals surface area contributed by atoms with Gasteiger partial charge in [-0.2, -0.15) is 4.98 Å². The van der Waals surface area contributed by atoms with Gasteiger partial charge in [0.25, 0.3) is 0 Å². The smallest absolute Gasteiger partial charge is 0.351 e. The first-order valence-corrected chi connectivity index (χ1v) is 5.43. The Labute approximate surface area is 139 Å². The van der Waals surface area contributed by atoms with Crippen molar-refractivity contribution in [3.8, 4) is 12.3 Å². The zero-order valence-corrected chi connectivity index (χ0v) is 13.2.